The Morgan fingerprint density at radius 1 is 0.889 bits per heavy atom. The first-order valence-corrected chi connectivity index (χ1v) is 9.02. The van der Waals surface area contributed by atoms with E-state index in [1.54, 1.807) is 6.20 Å². The maximum Gasteiger partial charge on any atom is 0.225 e. The number of rotatable bonds is 9. The fourth-order valence-corrected chi connectivity index (χ4v) is 2.54. The van der Waals surface area contributed by atoms with E-state index >= 15 is 0 Å². The quantitative estimate of drug-likeness (QED) is 0.605. The second-order valence-corrected chi connectivity index (χ2v) is 6.44. The van der Waals surface area contributed by atoms with E-state index in [0.29, 0.717) is 5.95 Å². The summed E-state index contributed by atoms with van der Waals surface area (Å²) < 4.78 is 0. The Hall–Kier alpha value is -3.06. The first-order valence-electron chi connectivity index (χ1n) is 9.02. The molecule has 7 nitrogen and oxygen atoms in total. The molecule has 0 bridgehead atoms. The van der Waals surface area contributed by atoms with Crippen molar-refractivity contribution < 1.29 is 0 Å². The Morgan fingerprint density at radius 2 is 1.74 bits per heavy atom. The zero-order chi connectivity index (χ0) is 18.9. The normalized spacial score (nSPS) is 10.8. The van der Waals surface area contributed by atoms with Crippen LogP contribution in [0.15, 0.2) is 55.0 Å². The van der Waals surface area contributed by atoms with Crippen LogP contribution in [-0.2, 0) is 6.42 Å². The highest BCUT2D eigenvalue weighted by Gasteiger charge is 2.08. The third kappa shape index (κ3) is 6.00. The largest absolute Gasteiger partial charge is 0.370 e. The lowest BCUT2D eigenvalue weighted by molar-refractivity contribution is 0.425. The molecule has 0 spiro atoms. The molecule has 0 aliphatic rings. The first-order chi connectivity index (χ1) is 13.2. The predicted octanol–water partition coefficient (Wildman–Crippen LogP) is 2.56. The lowest BCUT2D eigenvalue weighted by Gasteiger charge is -2.13. The van der Waals surface area contributed by atoms with E-state index in [0.717, 1.165) is 43.3 Å². The third-order valence-electron chi connectivity index (χ3n) is 3.96. The van der Waals surface area contributed by atoms with Crippen LogP contribution in [0.3, 0.4) is 0 Å². The van der Waals surface area contributed by atoms with Crippen LogP contribution >= 0.6 is 0 Å². The Balaban J connectivity index is 1.72. The molecule has 7 heteroatoms. The maximum absolute atomic E-state index is 4.62. The van der Waals surface area contributed by atoms with Gasteiger partial charge in [0, 0.05) is 44.3 Å². The minimum absolute atomic E-state index is 0.603. The number of hydrogen-bond acceptors (Lipinski definition) is 7. The van der Waals surface area contributed by atoms with E-state index in [1.165, 1.54) is 5.56 Å². The summed E-state index contributed by atoms with van der Waals surface area (Å²) in [6.07, 6.45) is 6.29. The fourth-order valence-electron chi connectivity index (χ4n) is 2.54. The number of likely N-dealkylation sites (N-methyl/N-ethyl adjacent to an activating group) is 1. The molecule has 3 rings (SSSR count). The van der Waals surface area contributed by atoms with Crippen LogP contribution in [0.25, 0.3) is 11.4 Å². The minimum atomic E-state index is 0.603. The molecule has 2 N–H and O–H groups in total. The summed E-state index contributed by atoms with van der Waals surface area (Å²) in [6.45, 7) is 2.46. The summed E-state index contributed by atoms with van der Waals surface area (Å²) >= 11 is 0. The van der Waals surface area contributed by atoms with Gasteiger partial charge in [-0.25, -0.2) is 4.98 Å². The molecule has 0 fully saturated rings. The van der Waals surface area contributed by atoms with E-state index in [1.807, 2.05) is 62.9 Å². The molecule has 0 amide bonds. The summed E-state index contributed by atoms with van der Waals surface area (Å²) in [5.41, 5.74) is 2.86. The molecule has 3 aromatic heterocycles. The SMILES string of the molecule is CN(C)CCNc1nc(NCCc2ccncc2)cc(-c2ccccn2)n1. The van der Waals surface area contributed by atoms with Crippen LogP contribution < -0.4 is 10.6 Å². The van der Waals surface area contributed by atoms with Gasteiger partial charge in [0.15, 0.2) is 0 Å². The molecule has 0 unspecified atom stereocenters. The lowest BCUT2D eigenvalue weighted by atomic mass is 10.2. The summed E-state index contributed by atoms with van der Waals surface area (Å²) in [5.74, 6) is 1.39. The monoisotopic (exact) mass is 363 g/mol. The average molecular weight is 363 g/mol. The molecular weight excluding hydrogens is 338 g/mol. The summed E-state index contributed by atoms with van der Waals surface area (Å²) in [5, 5.41) is 6.69. The molecule has 27 heavy (non-hydrogen) atoms. The number of aromatic nitrogens is 4. The predicted molar refractivity (Wildman–Crippen MR) is 109 cm³/mol. The van der Waals surface area contributed by atoms with Gasteiger partial charge in [0.05, 0.1) is 11.4 Å². The van der Waals surface area contributed by atoms with E-state index in [9.17, 15) is 0 Å². The lowest BCUT2D eigenvalue weighted by Crippen LogP contribution is -2.21. The summed E-state index contributed by atoms with van der Waals surface area (Å²) in [4.78, 5) is 19.8. The second kappa shape index (κ2) is 9.59. The van der Waals surface area contributed by atoms with Crippen molar-refractivity contribution in [2.24, 2.45) is 0 Å². The number of hydrogen-bond donors (Lipinski definition) is 2. The smallest absolute Gasteiger partial charge is 0.225 e. The second-order valence-electron chi connectivity index (χ2n) is 6.44. The summed E-state index contributed by atoms with van der Waals surface area (Å²) in [6, 6.07) is 11.8. The van der Waals surface area contributed by atoms with Crippen molar-refractivity contribution in [1.82, 2.24) is 24.8 Å². The Bertz CT molecular complexity index is 822. The van der Waals surface area contributed by atoms with Crippen molar-refractivity contribution >= 4 is 11.8 Å². The van der Waals surface area contributed by atoms with Gasteiger partial charge in [0.1, 0.15) is 5.82 Å². The molecule has 0 aromatic carbocycles. The molecule has 3 heterocycles. The Morgan fingerprint density at radius 3 is 2.48 bits per heavy atom. The standard InChI is InChI=1S/C20H25N7/c1-27(2)14-13-24-20-25-18(17-5-3-4-9-22-17)15-19(26-20)23-12-8-16-6-10-21-11-7-16/h3-7,9-11,15H,8,12-14H2,1-2H3,(H2,23,24,25,26). The molecule has 3 aromatic rings. The van der Waals surface area contributed by atoms with Crippen LogP contribution in [0.4, 0.5) is 11.8 Å². The molecule has 0 aliphatic heterocycles. The van der Waals surface area contributed by atoms with Crippen LogP contribution in [0.1, 0.15) is 5.56 Å². The van der Waals surface area contributed by atoms with Crippen molar-refractivity contribution in [3.63, 3.8) is 0 Å². The van der Waals surface area contributed by atoms with Crippen molar-refractivity contribution in [2.75, 3.05) is 44.4 Å². The zero-order valence-corrected chi connectivity index (χ0v) is 15.8. The van der Waals surface area contributed by atoms with Gasteiger partial charge in [-0.15, -0.1) is 0 Å². The van der Waals surface area contributed by atoms with Gasteiger partial charge in [-0.1, -0.05) is 6.07 Å². The molecule has 140 valence electrons. The Labute approximate surface area is 159 Å². The highest BCUT2D eigenvalue weighted by Crippen LogP contribution is 2.19. The topological polar surface area (TPSA) is 78.9 Å². The first kappa shape index (κ1) is 18.7. The van der Waals surface area contributed by atoms with E-state index in [-0.39, 0.29) is 0 Å². The van der Waals surface area contributed by atoms with Crippen LogP contribution in [0.2, 0.25) is 0 Å². The average Bonchev–Trinajstić information content (AvgIpc) is 2.69. The van der Waals surface area contributed by atoms with Crippen molar-refractivity contribution in [1.29, 1.82) is 0 Å². The van der Waals surface area contributed by atoms with Gasteiger partial charge in [0.25, 0.3) is 0 Å². The molecule has 0 saturated heterocycles. The maximum atomic E-state index is 4.62. The van der Waals surface area contributed by atoms with E-state index < -0.39 is 0 Å². The van der Waals surface area contributed by atoms with Crippen LogP contribution in [0, 0.1) is 0 Å². The third-order valence-corrected chi connectivity index (χ3v) is 3.96. The van der Waals surface area contributed by atoms with Gasteiger partial charge in [-0.05, 0) is 50.3 Å². The molecule has 0 atom stereocenters. The number of nitrogens with zero attached hydrogens (tertiary/aromatic N) is 5. The van der Waals surface area contributed by atoms with Gasteiger partial charge in [-0.2, -0.15) is 4.98 Å². The zero-order valence-electron chi connectivity index (χ0n) is 15.8. The molecule has 0 aliphatic carbocycles. The van der Waals surface area contributed by atoms with Gasteiger partial charge < -0.3 is 15.5 Å². The summed E-state index contributed by atoms with van der Waals surface area (Å²) in [7, 11) is 4.08. The van der Waals surface area contributed by atoms with Crippen LogP contribution in [-0.4, -0.2) is 58.6 Å². The van der Waals surface area contributed by atoms with Gasteiger partial charge in [0.2, 0.25) is 5.95 Å². The van der Waals surface area contributed by atoms with Crippen molar-refractivity contribution in [3.8, 4) is 11.4 Å². The van der Waals surface area contributed by atoms with E-state index in [2.05, 4.69) is 35.5 Å². The Kier molecular flexibility index (Phi) is 6.65. The molecular formula is C20H25N7. The fraction of sp³-hybridized carbons (Fsp3) is 0.300. The molecule has 0 radical (unpaired) electrons. The van der Waals surface area contributed by atoms with Crippen LogP contribution in [0.5, 0.6) is 0 Å². The number of nitrogens with one attached hydrogen (secondary N) is 2. The highest BCUT2D eigenvalue weighted by atomic mass is 15.2. The highest BCUT2D eigenvalue weighted by molar-refractivity contribution is 5.60. The van der Waals surface area contributed by atoms with Crippen molar-refractivity contribution in [2.45, 2.75) is 6.42 Å². The van der Waals surface area contributed by atoms with Gasteiger partial charge in [-0.3, -0.25) is 9.97 Å². The van der Waals surface area contributed by atoms with Crippen molar-refractivity contribution in [3.05, 3.63) is 60.6 Å². The number of pyridine rings is 2. The molecule has 0 saturated carbocycles. The number of anilines is 2. The van der Waals surface area contributed by atoms with Gasteiger partial charge >= 0.3 is 0 Å². The minimum Gasteiger partial charge on any atom is -0.370 e. The van der Waals surface area contributed by atoms with E-state index in [4.69, 9.17) is 0 Å².